The molecule has 3 rings (SSSR count). The largest absolute Gasteiger partial charge is 0.325 e. The van der Waals surface area contributed by atoms with Crippen LogP contribution in [0.4, 0.5) is 9.18 Å². The standard InChI is InChI=1S/C17H13Cl2FN2O2/c1-17(12-7-6-11(18)8-13(12)19)15(23)22(16(24)21-17)9-10-4-2-3-5-14(10)20/h2-8H,9H2,1H3,(H,21,24). The lowest BCUT2D eigenvalue weighted by Gasteiger charge is -2.23. The zero-order valence-corrected chi connectivity index (χ0v) is 14.2. The molecule has 1 atom stereocenters. The van der Waals surface area contributed by atoms with Crippen molar-refractivity contribution >= 4 is 35.1 Å². The lowest BCUT2D eigenvalue weighted by atomic mass is 9.92. The minimum absolute atomic E-state index is 0.155. The van der Waals surface area contributed by atoms with E-state index < -0.39 is 23.3 Å². The molecule has 7 heteroatoms. The van der Waals surface area contributed by atoms with Gasteiger partial charge >= 0.3 is 6.03 Å². The first-order valence-electron chi connectivity index (χ1n) is 7.16. The molecule has 2 aromatic rings. The normalized spacial score (nSPS) is 20.4. The van der Waals surface area contributed by atoms with Gasteiger partial charge in [-0.05, 0) is 25.1 Å². The van der Waals surface area contributed by atoms with E-state index in [1.165, 1.54) is 18.2 Å². The summed E-state index contributed by atoms with van der Waals surface area (Å²) in [5.74, 6) is -0.976. The van der Waals surface area contributed by atoms with E-state index in [1.54, 1.807) is 31.2 Å². The number of nitrogens with zero attached hydrogens (tertiary/aromatic N) is 1. The van der Waals surface area contributed by atoms with Gasteiger partial charge in [0.2, 0.25) is 0 Å². The second kappa shape index (κ2) is 6.07. The van der Waals surface area contributed by atoms with E-state index >= 15 is 0 Å². The van der Waals surface area contributed by atoms with E-state index in [-0.39, 0.29) is 17.1 Å². The fourth-order valence-corrected chi connectivity index (χ4v) is 3.31. The first-order valence-corrected chi connectivity index (χ1v) is 7.91. The summed E-state index contributed by atoms with van der Waals surface area (Å²) >= 11 is 12.1. The highest BCUT2D eigenvalue weighted by atomic mass is 35.5. The summed E-state index contributed by atoms with van der Waals surface area (Å²) in [6, 6.07) is 10.1. The summed E-state index contributed by atoms with van der Waals surface area (Å²) in [5.41, 5.74) is -0.639. The molecular formula is C17H13Cl2FN2O2. The molecule has 0 bridgehead atoms. The molecule has 4 nitrogen and oxygen atoms in total. The molecule has 1 aliphatic heterocycles. The van der Waals surface area contributed by atoms with Gasteiger partial charge < -0.3 is 5.32 Å². The Morgan fingerprint density at radius 1 is 1.17 bits per heavy atom. The second-order valence-corrected chi connectivity index (χ2v) is 6.51. The molecule has 1 fully saturated rings. The SMILES string of the molecule is CC1(c2ccc(Cl)cc2Cl)NC(=O)N(Cc2ccccc2F)C1=O. The third-order valence-corrected chi connectivity index (χ3v) is 4.58. The first-order chi connectivity index (χ1) is 11.3. The number of carbonyl (C=O) groups is 2. The first kappa shape index (κ1) is 16.7. The fraction of sp³-hybridized carbons (Fsp3) is 0.176. The van der Waals surface area contributed by atoms with Crippen molar-refractivity contribution in [2.45, 2.75) is 19.0 Å². The van der Waals surface area contributed by atoms with Gasteiger partial charge in [0.05, 0.1) is 6.54 Å². The van der Waals surface area contributed by atoms with Gasteiger partial charge in [-0.1, -0.05) is 47.5 Å². The Labute approximate surface area is 148 Å². The van der Waals surface area contributed by atoms with E-state index in [1.807, 2.05) is 0 Å². The highest BCUT2D eigenvalue weighted by Gasteiger charge is 2.49. The van der Waals surface area contributed by atoms with Crippen LogP contribution >= 0.6 is 23.2 Å². The molecular weight excluding hydrogens is 354 g/mol. The highest BCUT2D eigenvalue weighted by molar-refractivity contribution is 6.35. The quantitative estimate of drug-likeness (QED) is 0.831. The zero-order chi connectivity index (χ0) is 17.5. The van der Waals surface area contributed by atoms with Gasteiger partial charge in [0, 0.05) is 21.2 Å². The van der Waals surface area contributed by atoms with Crippen molar-refractivity contribution < 1.29 is 14.0 Å². The Bertz CT molecular complexity index is 843. The minimum atomic E-state index is -1.33. The maximum absolute atomic E-state index is 13.8. The van der Waals surface area contributed by atoms with Crippen LogP contribution in [-0.4, -0.2) is 16.8 Å². The van der Waals surface area contributed by atoms with E-state index in [9.17, 15) is 14.0 Å². The molecule has 124 valence electrons. The van der Waals surface area contributed by atoms with Crippen LogP contribution < -0.4 is 5.32 Å². The molecule has 24 heavy (non-hydrogen) atoms. The van der Waals surface area contributed by atoms with Gasteiger partial charge in [-0.15, -0.1) is 0 Å². The van der Waals surface area contributed by atoms with E-state index in [0.717, 1.165) is 4.90 Å². The van der Waals surface area contributed by atoms with Crippen molar-refractivity contribution in [1.82, 2.24) is 10.2 Å². The van der Waals surface area contributed by atoms with Crippen LogP contribution in [0.15, 0.2) is 42.5 Å². The molecule has 0 aromatic heterocycles. The number of benzene rings is 2. The number of hydrogen-bond donors (Lipinski definition) is 1. The maximum Gasteiger partial charge on any atom is 0.325 e. The van der Waals surface area contributed by atoms with Gasteiger partial charge in [-0.3, -0.25) is 9.69 Å². The summed E-state index contributed by atoms with van der Waals surface area (Å²) in [7, 11) is 0. The number of nitrogens with one attached hydrogen (secondary N) is 1. The maximum atomic E-state index is 13.8. The van der Waals surface area contributed by atoms with Crippen LogP contribution in [0.25, 0.3) is 0 Å². The molecule has 0 saturated carbocycles. The number of rotatable bonds is 3. The zero-order valence-electron chi connectivity index (χ0n) is 12.6. The van der Waals surface area contributed by atoms with Crippen molar-refractivity contribution in [3.8, 4) is 0 Å². The average Bonchev–Trinajstić information content (AvgIpc) is 2.73. The molecule has 1 saturated heterocycles. The third-order valence-electron chi connectivity index (χ3n) is 4.03. The average molecular weight is 367 g/mol. The van der Waals surface area contributed by atoms with Crippen molar-refractivity contribution in [3.05, 3.63) is 69.5 Å². The lowest BCUT2D eigenvalue weighted by Crippen LogP contribution is -2.41. The smallest absolute Gasteiger partial charge is 0.319 e. The van der Waals surface area contributed by atoms with Crippen molar-refractivity contribution in [3.63, 3.8) is 0 Å². The molecule has 0 spiro atoms. The van der Waals surface area contributed by atoms with Gasteiger partial charge in [0.1, 0.15) is 11.4 Å². The molecule has 1 unspecified atom stereocenters. The molecule has 1 heterocycles. The molecule has 1 N–H and O–H groups in total. The van der Waals surface area contributed by atoms with Gasteiger partial charge in [0.15, 0.2) is 0 Å². The highest BCUT2D eigenvalue weighted by Crippen LogP contribution is 2.35. The number of urea groups is 1. The summed E-state index contributed by atoms with van der Waals surface area (Å²) in [4.78, 5) is 26.1. The van der Waals surface area contributed by atoms with Crippen molar-refractivity contribution in [2.75, 3.05) is 0 Å². The molecule has 2 aromatic carbocycles. The fourth-order valence-electron chi connectivity index (χ4n) is 2.72. The number of hydrogen-bond acceptors (Lipinski definition) is 2. The molecule has 0 radical (unpaired) electrons. The molecule has 1 aliphatic rings. The van der Waals surface area contributed by atoms with Crippen LogP contribution in [0.1, 0.15) is 18.1 Å². The van der Waals surface area contributed by atoms with Crippen LogP contribution in [0.2, 0.25) is 10.0 Å². The molecule has 0 aliphatic carbocycles. The lowest BCUT2D eigenvalue weighted by molar-refractivity contribution is -0.131. The Kier molecular flexibility index (Phi) is 4.24. The van der Waals surface area contributed by atoms with Crippen LogP contribution in [-0.2, 0) is 16.9 Å². The summed E-state index contributed by atoms with van der Waals surface area (Å²) < 4.78 is 13.8. The number of carbonyl (C=O) groups excluding carboxylic acids is 2. The topological polar surface area (TPSA) is 49.4 Å². The van der Waals surface area contributed by atoms with Crippen molar-refractivity contribution in [2.24, 2.45) is 0 Å². The van der Waals surface area contributed by atoms with Crippen molar-refractivity contribution in [1.29, 1.82) is 0 Å². The van der Waals surface area contributed by atoms with Crippen LogP contribution in [0.3, 0.4) is 0 Å². The van der Waals surface area contributed by atoms with Crippen LogP contribution in [0, 0.1) is 5.82 Å². The predicted molar refractivity (Wildman–Crippen MR) is 89.3 cm³/mol. The van der Waals surface area contributed by atoms with Crippen LogP contribution in [0.5, 0.6) is 0 Å². The van der Waals surface area contributed by atoms with E-state index in [2.05, 4.69) is 5.32 Å². The van der Waals surface area contributed by atoms with E-state index in [0.29, 0.717) is 10.6 Å². The summed E-state index contributed by atoms with van der Waals surface area (Å²) in [6.07, 6.45) is 0. The Balaban J connectivity index is 1.95. The van der Waals surface area contributed by atoms with Gasteiger partial charge in [-0.2, -0.15) is 0 Å². The Hall–Kier alpha value is -2.11. The summed E-state index contributed by atoms with van der Waals surface area (Å²) in [6.45, 7) is 1.40. The Morgan fingerprint density at radius 3 is 2.54 bits per heavy atom. The van der Waals surface area contributed by atoms with Gasteiger partial charge in [0.25, 0.3) is 5.91 Å². The third kappa shape index (κ3) is 2.74. The monoisotopic (exact) mass is 366 g/mol. The predicted octanol–water partition coefficient (Wildman–Crippen LogP) is 4.10. The van der Waals surface area contributed by atoms with Gasteiger partial charge in [-0.25, -0.2) is 9.18 Å². The second-order valence-electron chi connectivity index (χ2n) is 5.66. The number of halogens is 3. The minimum Gasteiger partial charge on any atom is -0.319 e. The Morgan fingerprint density at radius 2 is 1.88 bits per heavy atom. The number of amides is 3. The van der Waals surface area contributed by atoms with E-state index in [4.69, 9.17) is 23.2 Å². The number of imide groups is 1. The summed E-state index contributed by atoms with van der Waals surface area (Å²) in [5, 5.41) is 3.33. The molecule has 3 amide bonds.